The SMILES string of the molecule is CCNC(=NCc1cccc(C)c1)NCc1cccc(N(C)C)n1. The van der Waals surface area contributed by atoms with E-state index >= 15 is 0 Å². The number of nitrogens with zero attached hydrogens (tertiary/aromatic N) is 3. The molecule has 1 heterocycles. The number of aryl methyl sites for hydroxylation is 1. The van der Waals surface area contributed by atoms with E-state index in [0.717, 1.165) is 24.0 Å². The van der Waals surface area contributed by atoms with Crippen LogP contribution in [0.4, 0.5) is 5.82 Å². The van der Waals surface area contributed by atoms with Crippen molar-refractivity contribution < 1.29 is 0 Å². The number of guanidine groups is 1. The third-order valence-corrected chi connectivity index (χ3v) is 3.53. The summed E-state index contributed by atoms with van der Waals surface area (Å²) in [4.78, 5) is 11.3. The van der Waals surface area contributed by atoms with Crippen LogP contribution < -0.4 is 15.5 Å². The summed E-state index contributed by atoms with van der Waals surface area (Å²) >= 11 is 0. The fraction of sp³-hybridized carbons (Fsp3) is 0.368. The smallest absolute Gasteiger partial charge is 0.191 e. The number of anilines is 1. The molecule has 0 amide bonds. The first-order valence-electron chi connectivity index (χ1n) is 8.29. The molecule has 2 rings (SSSR count). The standard InChI is InChI=1S/C19H27N5/c1-5-20-19(21-13-16-9-6-8-15(2)12-16)22-14-17-10-7-11-18(23-17)24(3)4/h6-12H,5,13-14H2,1-4H3,(H2,20,21,22). The molecule has 0 radical (unpaired) electrons. The Morgan fingerprint density at radius 1 is 1.12 bits per heavy atom. The van der Waals surface area contributed by atoms with Crippen molar-refractivity contribution in [1.82, 2.24) is 15.6 Å². The molecule has 24 heavy (non-hydrogen) atoms. The van der Waals surface area contributed by atoms with Gasteiger partial charge in [-0.1, -0.05) is 35.9 Å². The van der Waals surface area contributed by atoms with E-state index in [1.165, 1.54) is 11.1 Å². The molecule has 0 aliphatic heterocycles. The molecule has 0 spiro atoms. The molecule has 0 unspecified atom stereocenters. The lowest BCUT2D eigenvalue weighted by Crippen LogP contribution is -2.37. The summed E-state index contributed by atoms with van der Waals surface area (Å²) in [6.07, 6.45) is 0. The minimum atomic E-state index is 0.640. The molecule has 1 aromatic carbocycles. The van der Waals surface area contributed by atoms with E-state index in [1.54, 1.807) is 0 Å². The van der Waals surface area contributed by atoms with Gasteiger partial charge < -0.3 is 15.5 Å². The Morgan fingerprint density at radius 3 is 2.62 bits per heavy atom. The highest BCUT2D eigenvalue weighted by Gasteiger charge is 2.02. The number of hydrogen-bond acceptors (Lipinski definition) is 3. The number of benzene rings is 1. The van der Waals surface area contributed by atoms with Crippen molar-refractivity contribution in [2.45, 2.75) is 26.9 Å². The second-order valence-electron chi connectivity index (χ2n) is 5.92. The van der Waals surface area contributed by atoms with Crippen molar-refractivity contribution >= 4 is 11.8 Å². The molecule has 2 aromatic rings. The lowest BCUT2D eigenvalue weighted by Gasteiger charge is -2.14. The van der Waals surface area contributed by atoms with E-state index in [0.29, 0.717) is 13.1 Å². The maximum atomic E-state index is 4.65. The lowest BCUT2D eigenvalue weighted by molar-refractivity contribution is 0.798. The molecule has 2 N–H and O–H groups in total. The zero-order valence-electron chi connectivity index (χ0n) is 15.0. The number of hydrogen-bond donors (Lipinski definition) is 2. The third-order valence-electron chi connectivity index (χ3n) is 3.53. The molecular formula is C19H27N5. The normalized spacial score (nSPS) is 11.2. The second kappa shape index (κ2) is 8.91. The topological polar surface area (TPSA) is 52.6 Å². The van der Waals surface area contributed by atoms with Gasteiger partial charge in [-0.2, -0.15) is 0 Å². The van der Waals surface area contributed by atoms with Gasteiger partial charge in [0.25, 0.3) is 0 Å². The van der Waals surface area contributed by atoms with Gasteiger partial charge in [-0.25, -0.2) is 9.98 Å². The maximum Gasteiger partial charge on any atom is 0.191 e. The molecule has 5 heteroatoms. The Balaban J connectivity index is 2.00. The second-order valence-corrected chi connectivity index (χ2v) is 5.92. The van der Waals surface area contributed by atoms with Crippen LogP contribution in [0.3, 0.4) is 0 Å². The summed E-state index contributed by atoms with van der Waals surface area (Å²) in [7, 11) is 3.99. The van der Waals surface area contributed by atoms with Crippen molar-refractivity contribution in [1.29, 1.82) is 0 Å². The molecule has 0 saturated carbocycles. The minimum Gasteiger partial charge on any atom is -0.363 e. The molecule has 0 aliphatic rings. The van der Waals surface area contributed by atoms with Crippen molar-refractivity contribution in [3.8, 4) is 0 Å². The molecule has 5 nitrogen and oxygen atoms in total. The molecule has 0 bridgehead atoms. The maximum absolute atomic E-state index is 4.65. The van der Waals surface area contributed by atoms with Crippen LogP contribution in [0.1, 0.15) is 23.7 Å². The van der Waals surface area contributed by atoms with Crippen LogP contribution in [0.25, 0.3) is 0 Å². The van der Waals surface area contributed by atoms with Crippen LogP contribution >= 0.6 is 0 Å². The molecule has 128 valence electrons. The van der Waals surface area contributed by atoms with Gasteiger partial charge in [0, 0.05) is 20.6 Å². The molecule has 0 saturated heterocycles. The van der Waals surface area contributed by atoms with Gasteiger partial charge in [0.05, 0.1) is 18.8 Å². The first kappa shape index (κ1) is 17.8. The highest BCUT2D eigenvalue weighted by atomic mass is 15.2. The van der Waals surface area contributed by atoms with E-state index in [4.69, 9.17) is 0 Å². The fourth-order valence-corrected chi connectivity index (χ4v) is 2.31. The van der Waals surface area contributed by atoms with E-state index < -0.39 is 0 Å². The van der Waals surface area contributed by atoms with Crippen molar-refractivity contribution in [2.24, 2.45) is 4.99 Å². The molecular weight excluding hydrogens is 298 g/mol. The summed E-state index contributed by atoms with van der Waals surface area (Å²) in [6.45, 7) is 6.28. The Labute approximate surface area is 144 Å². The minimum absolute atomic E-state index is 0.640. The van der Waals surface area contributed by atoms with E-state index in [1.807, 2.05) is 37.2 Å². The molecule has 0 fully saturated rings. The van der Waals surface area contributed by atoms with Crippen LogP contribution in [0.2, 0.25) is 0 Å². The van der Waals surface area contributed by atoms with Gasteiger partial charge in [-0.3, -0.25) is 0 Å². The monoisotopic (exact) mass is 325 g/mol. The Bertz CT molecular complexity index is 679. The van der Waals surface area contributed by atoms with Gasteiger partial charge in [-0.05, 0) is 31.5 Å². The zero-order chi connectivity index (χ0) is 17.4. The fourth-order valence-electron chi connectivity index (χ4n) is 2.31. The van der Waals surface area contributed by atoms with E-state index in [-0.39, 0.29) is 0 Å². The first-order valence-corrected chi connectivity index (χ1v) is 8.29. The van der Waals surface area contributed by atoms with Gasteiger partial charge in [0.2, 0.25) is 0 Å². The van der Waals surface area contributed by atoms with E-state index in [2.05, 4.69) is 58.7 Å². The number of nitrogens with one attached hydrogen (secondary N) is 2. The Morgan fingerprint density at radius 2 is 1.92 bits per heavy atom. The van der Waals surface area contributed by atoms with E-state index in [9.17, 15) is 0 Å². The summed E-state index contributed by atoms with van der Waals surface area (Å²) < 4.78 is 0. The van der Waals surface area contributed by atoms with Crippen LogP contribution in [0.5, 0.6) is 0 Å². The van der Waals surface area contributed by atoms with Crippen molar-refractivity contribution in [3.63, 3.8) is 0 Å². The predicted octanol–water partition coefficient (Wildman–Crippen LogP) is 2.71. The molecule has 0 aliphatic carbocycles. The summed E-state index contributed by atoms with van der Waals surface area (Å²) in [5, 5.41) is 6.62. The average molecular weight is 325 g/mol. The zero-order valence-corrected chi connectivity index (χ0v) is 15.0. The third kappa shape index (κ3) is 5.57. The number of pyridine rings is 1. The first-order chi connectivity index (χ1) is 11.6. The van der Waals surface area contributed by atoms with Crippen LogP contribution in [0.15, 0.2) is 47.5 Å². The summed E-state index contributed by atoms with van der Waals surface area (Å²) in [5.41, 5.74) is 3.45. The highest BCUT2D eigenvalue weighted by molar-refractivity contribution is 5.79. The van der Waals surface area contributed by atoms with Gasteiger partial charge >= 0.3 is 0 Å². The van der Waals surface area contributed by atoms with Gasteiger partial charge in [-0.15, -0.1) is 0 Å². The Hall–Kier alpha value is -2.56. The van der Waals surface area contributed by atoms with Crippen molar-refractivity contribution in [3.05, 3.63) is 59.3 Å². The van der Waals surface area contributed by atoms with Gasteiger partial charge in [0.1, 0.15) is 5.82 Å². The number of aliphatic imine (C=N–C) groups is 1. The molecule has 1 aromatic heterocycles. The Kier molecular flexibility index (Phi) is 6.61. The largest absolute Gasteiger partial charge is 0.363 e. The number of rotatable bonds is 6. The summed E-state index contributed by atoms with van der Waals surface area (Å²) in [6, 6.07) is 14.5. The lowest BCUT2D eigenvalue weighted by atomic mass is 10.1. The van der Waals surface area contributed by atoms with Gasteiger partial charge in [0.15, 0.2) is 5.96 Å². The van der Waals surface area contributed by atoms with Crippen molar-refractivity contribution in [2.75, 3.05) is 25.5 Å². The van der Waals surface area contributed by atoms with Crippen LogP contribution in [0, 0.1) is 6.92 Å². The highest BCUT2D eigenvalue weighted by Crippen LogP contribution is 2.08. The quantitative estimate of drug-likeness (QED) is 0.633. The number of aromatic nitrogens is 1. The molecule has 0 atom stereocenters. The summed E-state index contributed by atoms with van der Waals surface area (Å²) in [5.74, 6) is 1.76. The van der Waals surface area contributed by atoms with Crippen LogP contribution in [-0.2, 0) is 13.1 Å². The average Bonchev–Trinajstić information content (AvgIpc) is 2.57. The predicted molar refractivity (Wildman–Crippen MR) is 101 cm³/mol. The van der Waals surface area contributed by atoms with Crippen LogP contribution in [-0.4, -0.2) is 31.6 Å².